The Kier molecular flexibility index (Phi) is 2.91. The first-order valence-corrected chi connectivity index (χ1v) is 4.49. The summed E-state index contributed by atoms with van der Waals surface area (Å²) in [7, 11) is 0. The van der Waals surface area contributed by atoms with Crippen LogP contribution in [0.15, 0.2) is 24.3 Å². The zero-order valence-corrected chi connectivity index (χ0v) is 8.45. The number of aryl methyl sites for hydroxylation is 1. The lowest BCUT2D eigenvalue weighted by Gasteiger charge is -2.18. The average molecular weight is 193 g/mol. The molecule has 0 aliphatic heterocycles. The Labute approximate surface area is 83.6 Å². The second-order valence-corrected chi connectivity index (χ2v) is 3.88. The first-order chi connectivity index (χ1) is 6.42. The third kappa shape index (κ3) is 2.57. The van der Waals surface area contributed by atoms with E-state index in [4.69, 9.17) is 10.8 Å². The maximum Gasteiger partial charge on any atom is 0.323 e. The van der Waals surface area contributed by atoms with Crippen LogP contribution in [0.25, 0.3) is 0 Å². The van der Waals surface area contributed by atoms with Gasteiger partial charge < -0.3 is 10.8 Å². The molecule has 0 bridgehead atoms. The number of carbonyl (C=O) groups is 1. The number of carboxylic acids is 1. The lowest BCUT2D eigenvalue weighted by atomic mass is 9.94. The summed E-state index contributed by atoms with van der Waals surface area (Å²) in [5, 5.41) is 8.83. The second kappa shape index (κ2) is 3.80. The molecule has 1 aromatic carbocycles. The van der Waals surface area contributed by atoms with Crippen molar-refractivity contribution in [3.8, 4) is 0 Å². The molecule has 1 atom stereocenters. The van der Waals surface area contributed by atoms with Gasteiger partial charge in [0.25, 0.3) is 0 Å². The molecule has 0 unspecified atom stereocenters. The third-order valence-electron chi connectivity index (χ3n) is 2.18. The fraction of sp³-hybridized carbons (Fsp3) is 0.364. The lowest BCUT2D eigenvalue weighted by molar-refractivity contribution is -0.142. The summed E-state index contributed by atoms with van der Waals surface area (Å²) >= 11 is 0. The smallest absolute Gasteiger partial charge is 0.323 e. The molecule has 0 fully saturated rings. The molecule has 14 heavy (non-hydrogen) atoms. The van der Waals surface area contributed by atoms with Crippen LogP contribution in [0.5, 0.6) is 0 Å². The van der Waals surface area contributed by atoms with Crippen LogP contribution < -0.4 is 5.73 Å². The van der Waals surface area contributed by atoms with E-state index < -0.39 is 11.5 Å². The number of hydrogen-bond donors (Lipinski definition) is 2. The topological polar surface area (TPSA) is 63.3 Å². The highest BCUT2D eigenvalue weighted by Gasteiger charge is 2.27. The second-order valence-electron chi connectivity index (χ2n) is 3.88. The molecule has 0 spiro atoms. The van der Waals surface area contributed by atoms with E-state index in [9.17, 15) is 4.79 Å². The van der Waals surface area contributed by atoms with Crippen LogP contribution in [-0.4, -0.2) is 16.6 Å². The molecule has 0 saturated carbocycles. The number of nitrogens with two attached hydrogens (primary N) is 1. The number of rotatable bonds is 3. The van der Waals surface area contributed by atoms with Crippen molar-refractivity contribution in [2.75, 3.05) is 0 Å². The van der Waals surface area contributed by atoms with Crippen LogP contribution in [0.4, 0.5) is 0 Å². The van der Waals surface area contributed by atoms with Crippen molar-refractivity contribution >= 4 is 5.97 Å². The van der Waals surface area contributed by atoms with E-state index in [2.05, 4.69) is 0 Å². The van der Waals surface area contributed by atoms with Crippen molar-refractivity contribution in [3.05, 3.63) is 35.4 Å². The van der Waals surface area contributed by atoms with Gasteiger partial charge in [0.15, 0.2) is 0 Å². The Hall–Kier alpha value is -1.35. The normalized spacial score (nSPS) is 14.8. The van der Waals surface area contributed by atoms with E-state index in [0.717, 1.165) is 11.1 Å². The van der Waals surface area contributed by atoms with Crippen molar-refractivity contribution < 1.29 is 9.90 Å². The molecule has 3 nitrogen and oxygen atoms in total. The van der Waals surface area contributed by atoms with Crippen molar-refractivity contribution in [3.63, 3.8) is 0 Å². The molecule has 1 aromatic rings. The zero-order valence-electron chi connectivity index (χ0n) is 8.45. The quantitative estimate of drug-likeness (QED) is 0.761. The van der Waals surface area contributed by atoms with Crippen LogP contribution in [-0.2, 0) is 11.2 Å². The molecular weight excluding hydrogens is 178 g/mol. The van der Waals surface area contributed by atoms with E-state index in [0.29, 0.717) is 6.42 Å². The van der Waals surface area contributed by atoms with Gasteiger partial charge in [0.05, 0.1) is 0 Å². The summed E-state index contributed by atoms with van der Waals surface area (Å²) in [5.74, 6) is -0.974. The lowest BCUT2D eigenvalue weighted by Crippen LogP contribution is -2.46. The van der Waals surface area contributed by atoms with Gasteiger partial charge in [-0.3, -0.25) is 4.79 Å². The van der Waals surface area contributed by atoms with Crippen molar-refractivity contribution in [1.82, 2.24) is 0 Å². The van der Waals surface area contributed by atoms with E-state index in [1.54, 1.807) is 0 Å². The Bertz CT molecular complexity index is 328. The first-order valence-electron chi connectivity index (χ1n) is 4.49. The molecule has 0 radical (unpaired) electrons. The van der Waals surface area contributed by atoms with Gasteiger partial charge in [0.1, 0.15) is 5.54 Å². The van der Waals surface area contributed by atoms with Crippen molar-refractivity contribution in [2.24, 2.45) is 5.73 Å². The van der Waals surface area contributed by atoms with Crippen LogP contribution in [0, 0.1) is 6.92 Å². The fourth-order valence-electron chi connectivity index (χ4n) is 1.21. The van der Waals surface area contributed by atoms with Gasteiger partial charge in [0, 0.05) is 6.42 Å². The minimum atomic E-state index is -1.19. The molecule has 0 amide bonds. The average Bonchev–Trinajstić information content (AvgIpc) is 2.08. The largest absolute Gasteiger partial charge is 0.480 e. The molecule has 3 N–H and O–H groups in total. The number of carboxylic acid groups (broad SMARTS) is 1. The van der Waals surface area contributed by atoms with E-state index >= 15 is 0 Å². The summed E-state index contributed by atoms with van der Waals surface area (Å²) in [6.45, 7) is 3.51. The van der Waals surface area contributed by atoms with Gasteiger partial charge in [-0.15, -0.1) is 0 Å². The predicted molar refractivity (Wildman–Crippen MR) is 55.1 cm³/mol. The molecule has 3 heteroatoms. The third-order valence-corrected chi connectivity index (χ3v) is 2.18. The van der Waals surface area contributed by atoms with Crippen molar-refractivity contribution in [2.45, 2.75) is 25.8 Å². The standard InChI is InChI=1S/C11H15NO2/c1-8-3-5-9(6-4-8)7-11(2,12)10(13)14/h3-6H,7,12H2,1-2H3,(H,13,14)/t11-/m1/s1. The Morgan fingerprint density at radius 3 is 2.36 bits per heavy atom. The van der Waals surface area contributed by atoms with Crippen molar-refractivity contribution in [1.29, 1.82) is 0 Å². The molecule has 1 rings (SSSR count). The minimum Gasteiger partial charge on any atom is -0.480 e. The highest BCUT2D eigenvalue weighted by Crippen LogP contribution is 2.11. The van der Waals surface area contributed by atoms with Crippen LogP contribution in [0.2, 0.25) is 0 Å². The number of benzene rings is 1. The van der Waals surface area contributed by atoms with Gasteiger partial charge in [-0.05, 0) is 19.4 Å². The van der Waals surface area contributed by atoms with Gasteiger partial charge in [0.2, 0.25) is 0 Å². The molecule has 0 heterocycles. The summed E-state index contributed by atoms with van der Waals surface area (Å²) < 4.78 is 0. The summed E-state index contributed by atoms with van der Waals surface area (Å²) in [5.41, 5.74) is 6.55. The molecule has 0 aliphatic rings. The van der Waals surface area contributed by atoms with E-state index in [-0.39, 0.29) is 0 Å². The molecule has 0 saturated heterocycles. The van der Waals surface area contributed by atoms with Gasteiger partial charge in [-0.1, -0.05) is 29.8 Å². The van der Waals surface area contributed by atoms with Crippen LogP contribution in [0.1, 0.15) is 18.1 Å². The highest BCUT2D eigenvalue weighted by molar-refractivity contribution is 5.78. The van der Waals surface area contributed by atoms with Gasteiger partial charge in [-0.2, -0.15) is 0 Å². The SMILES string of the molecule is Cc1ccc(C[C@@](C)(N)C(=O)O)cc1. The van der Waals surface area contributed by atoms with E-state index in [1.807, 2.05) is 31.2 Å². The summed E-state index contributed by atoms with van der Waals surface area (Å²) in [6, 6.07) is 7.72. The maximum absolute atomic E-state index is 10.8. The molecular formula is C11H15NO2. The first kappa shape index (κ1) is 10.7. The summed E-state index contributed by atoms with van der Waals surface area (Å²) in [6.07, 6.45) is 0.350. The van der Waals surface area contributed by atoms with Crippen LogP contribution >= 0.6 is 0 Å². The predicted octanol–water partition coefficient (Wildman–Crippen LogP) is 1.34. The van der Waals surface area contributed by atoms with Gasteiger partial charge >= 0.3 is 5.97 Å². The Balaban J connectivity index is 2.79. The Morgan fingerprint density at radius 1 is 1.43 bits per heavy atom. The number of aliphatic carboxylic acids is 1. The van der Waals surface area contributed by atoms with E-state index in [1.165, 1.54) is 6.92 Å². The van der Waals surface area contributed by atoms with Gasteiger partial charge in [-0.25, -0.2) is 0 Å². The maximum atomic E-state index is 10.8. The monoisotopic (exact) mass is 193 g/mol. The molecule has 0 aromatic heterocycles. The highest BCUT2D eigenvalue weighted by atomic mass is 16.4. The minimum absolute atomic E-state index is 0.350. The number of hydrogen-bond acceptors (Lipinski definition) is 2. The fourth-order valence-corrected chi connectivity index (χ4v) is 1.21. The molecule has 0 aliphatic carbocycles. The molecule has 76 valence electrons. The van der Waals surface area contributed by atoms with Crippen LogP contribution in [0.3, 0.4) is 0 Å². The zero-order chi connectivity index (χ0) is 10.8. The summed E-state index contributed by atoms with van der Waals surface area (Å²) in [4.78, 5) is 10.8. The Morgan fingerprint density at radius 2 is 1.93 bits per heavy atom.